The fourth-order valence-corrected chi connectivity index (χ4v) is 2.25. The van der Waals surface area contributed by atoms with Gasteiger partial charge in [0.15, 0.2) is 0 Å². The summed E-state index contributed by atoms with van der Waals surface area (Å²) in [5, 5.41) is 0. The lowest BCUT2D eigenvalue weighted by Crippen LogP contribution is -2.44. The maximum absolute atomic E-state index is 12.0. The van der Waals surface area contributed by atoms with Crippen LogP contribution in [-0.4, -0.2) is 36.8 Å². The van der Waals surface area contributed by atoms with Gasteiger partial charge in [-0.2, -0.15) is 13.2 Å². The fraction of sp³-hybridized carbons (Fsp3) is 1.00. The Kier molecular flexibility index (Phi) is 5.05. The zero-order valence-corrected chi connectivity index (χ0v) is 9.76. The first-order valence-corrected chi connectivity index (χ1v) is 5.93. The summed E-state index contributed by atoms with van der Waals surface area (Å²) in [5.41, 5.74) is 5.60. The van der Waals surface area contributed by atoms with Crippen LogP contribution in [-0.2, 0) is 0 Å². The molecule has 2 unspecified atom stereocenters. The van der Waals surface area contributed by atoms with Crippen LogP contribution < -0.4 is 5.73 Å². The maximum Gasteiger partial charge on any atom is 0.389 e. The van der Waals surface area contributed by atoms with Gasteiger partial charge in [-0.1, -0.05) is 0 Å². The number of alkyl halides is 3. The Morgan fingerprint density at radius 1 is 1.31 bits per heavy atom. The molecule has 0 aromatic heterocycles. The fourth-order valence-electron chi connectivity index (χ4n) is 2.25. The minimum absolute atomic E-state index is 0.200. The molecule has 0 radical (unpaired) electrons. The van der Waals surface area contributed by atoms with Gasteiger partial charge in [0.25, 0.3) is 0 Å². The Morgan fingerprint density at radius 2 is 2.00 bits per heavy atom. The van der Waals surface area contributed by atoms with E-state index in [4.69, 9.17) is 5.73 Å². The van der Waals surface area contributed by atoms with Crippen LogP contribution in [0.5, 0.6) is 0 Å². The van der Waals surface area contributed by atoms with E-state index in [0.717, 1.165) is 19.4 Å². The van der Waals surface area contributed by atoms with Crippen molar-refractivity contribution in [3.8, 4) is 0 Å². The number of rotatable bonds is 4. The van der Waals surface area contributed by atoms with Gasteiger partial charge in [0.05, 0.1) is 0 Å². The van der Waals surface area contributed by atoms with E-state index in [2.05, 4.69) is 11.8 Å². The number of hydrogen-bond acceptors (Lipinski definition) is 2. The van der Waals surface area contributed by atoms with Crippen LogP contribution in [0.4, 0.5) is 13.2 Å². The summed E-state index contributed by atoms with van der Waals surface area (Å²) < 4.78 is 36.0. The molecule has 2 N–H and O–H groups in total. The summed E-state index contributed by atoms with van der Waals surface area (Å²) in [6.45, 7) is 4.12. The van der Waals surface area contributed by atoms with E-state index < -0.39 is 12.6 Å². The van der Waals surface area contributed by atoms with Crippen molar-refractivity contribution >= 4 is 0 Å². The van der Waals surface area contributed by atoms with E-state index >= 15 is 0 Å². The van der Waals surface area contributed by atoms with Gasteiger partial charge in [0.2, 0.25) is 0 Å². The molecule has 96 valence electrons. The monoisotopic (exact) mass is 238 g/mol. The second-order valence-corrected chi connectivity index (χ2v) is 4.74. The summed E-state index contributed by atoms with van der Waals surface area (Å²) in [4.78, 5) is 2.15. The molecular formula is C11H21F3N2. The number of nitrogens with zero attached hydrogens (tertiary/aromatic N) is 1. The highest BCUT2D eigenvalue weighted by Gasteiger charge is 2.28. The average Bonchev–Trinajstić information content (AvgIpc) is 2.19. The van der Waals surface area contributed by atoms with Gasteiger partial charge in [-0.25, -0.2) is 0 Å². The summed E-state index contributed by atoms with van der Waals surface area (Å²) >= 11 is 0. The number of nitrogens with two attached hydrogens (primary N) is 1. The molecule has 1 aliphatic rings. The van der Waals surface area contributed by atoms with Gasteiger partial charge in [0.1, 0.15) is 0 Å². The molecule has 16 heavy (non-hydrogen) atoms. The molecular weight excluding hydrogens is 217 g/mol. The minimum Gasteiger partial charge on any atom is -0.330 e. The van der Waals surface area contributed by atoms with Crippen molar-refractivity contribution in [2.45, 2.75) is 44.8 Å². The Balaban J connectivity index is 2.28. The van der Waals surface area contributed by atoms with E-state index in [1.807, 2.05) is 0 Å². The van der Waals surface area contributed by atoms with Crippen LogP contribution in [0.2, 0.25) is 0 Å². The van der Waals surface area contributed by atoms with Gasteiger partial charge in [-0.3, -0.25) is 0 Å². The van der Waals surface area contributed by atoms with E-state index in [-0.39, 0.29) is 6.42 Å². The molecule has 0 saturated carbocycles. The van der Waals surface area contributed by atoms with Crippen molar-refractivity contribution < 1.29 is 13.2 Å². The average molecular weight is 238 g/mol. The molecule has 0 amide bonds. The number of halogens is 3. The van der Waals surface area contributed by atoms with E-state index in [1.54, 1.807) is 0 Å². The second kappa shape index (κ2) is 5.87. The molecule has 0 bridgehead atoms. The van der Waals surface area contributed by atoms with Gasteiger partial charge < -0.3 is 10.6 Å². The van der Waals surface area contributed by atoms with Crippen LogP contribution in [0.1, 0.15) is 32.6 Å². The van der Waals surface area contributed by atoms with Gasteiger partial charge in [-0.05, 0) is 45.2 Å². The van der Waals surface area contributed by atoms with Crippen molar-refractivity contribution in [1.82, 2.24) is 4.90 Å². The van der Waals surface area contributed by atoms with Crippen molar-refractivity contribution in [1.29, 1.82) is 0 Å². The lowest BCUT2D eigenvalue weighted by Gasteiger charge is -2.37. The number of likely N-dealkylation sites (tertiary alicyclic amines) is 1. The topological polar surface area (TPSA) is 29.3 Å². The molecule has 0 aliphatic carbocycles. The molecule has 1 rings (SSSR count). The molecule has 5 heteroatoms. The van der Waals surface area contributed by atoms with Crippen LogP contribution in [0, 0.1) is 5.92 Å². The first kappa shape index (κ1) is 13.8. The molecule has 1 aliphatic heterocycles. The first-order valence-electron chi connectivity index (χ1n) is 5.93. The van der Waals surface area contributed by atoms with E-state index in [0.29, 0.717) is 25.0 Å². The third kappa shape index (κ3) is 4.70. The molecule has 0 aromatic carbocycles. The predicted molar refractivity (Wildman–Crippen MR) is 58.1 cm³/mol. The Labute approximate surface area is 95.0 Å². The van der Waals surface area contributed by atoms with E-state index in [9.17, 15) is 13.2 Å². The molecule has 2 nitrogen and oxygen atoms in total. The zero-order valence-electron chi connectivity index (χ0n) is 9.76. The summed E-state index contributed by atoms with van der Waals surface area (Å²) in [5.74, 6) is 0.460. The van der Waals surface area contributed by atoms with Crippen LogP contribution in [0.25, 0.3) is 0 Å². The van der Waals surface area contributed by atoms with Crippen molar-refractivity contribution in [3.63, 3.8) is 0 Å². The van der Waals surface area contributed by atoms with Crippen LogP contribution >= 0.6 is 0 Å². The molecule has 1 heterocycles. The molecule has 2 atom stereocenters. The lowest BCUT2D eigenvalue weighted by atomic mass is 9.93. The predicted octanol–water partition coefficient (Wildman–Crippen LogP) is 2.39. The highest BCUT2D eigenvalue weighted by molar-refractivity contribution is 4.79. The standard InChI is InChI=1S/C11H21F3N2/c1-9-3-4-10(7-15)8-16(9)6-2-5-11(12,13)14/h9-10H,2-8,15H2,1H3. The number of piperidine rings is 1. The zero-order chi connectivity index (χ0) is 12.2. The first-order chi connectivity index (χ1) is 7.42. The molecule has 0 aromatic rings. The third-order valence-corrected chi connectivity index (χ3v) is 3.35. The maximum atomic E-state index is 12.0. The summed E-state index contributed by atoms with van der Waals surface area (Å²) in [6, 6.07) is 0.399. The quantitative estimate of drug-likeness (QED) is 0.814. The van der Waals surface area contributed by atoms with Crippen LogP contribution in [0.15, 0.2) is 0 Å². The molecule has 1 fully saturated rings. The minimum atomic E-state index is -4.02. The van der Waals surface area contributed by atoms with Gasteiger partial charge >= 0.3 is 6.18 Å². The second-order valence-electron chi connectivity index (χ2n) is 4.74. The SMILES string of the molecule is CC1CCC(CN)CN1CCCC(F)(F)F. The Morgan fingerprint density at radius 3 is 2.56 bits per heavy atom. The molecule has 1 saturated heterocycles. The summed E-state index contributed by atoms with van der Waals surface area (Å²) in [6.07, 6.45) is -2.34. The van der Waals surface area contributed by atoms with E-state index in [1.165, 1.54) is 0 Å². The Hall–Kier alpha value is -0.290. The van der Waals surface area contributed by atoms with Crippen LogP contribution in [0.3, 0.4) is 0 Å². The highest BCUT2D eigenvalue weighted by atomic mass is 19.4. The summed E-state index contributed by atoms with van der Waals surface area (Å²) in [7, 11) is 0. The van der Waals surface area contributed by atoms with Gasteiger partial charge in [0, 0.05) is 19.0 Å². The normalized spacial score (nSPS) is 28.3. The Bertz CT molecular complexity index is 206. The molecule has 0 spiro atoms. The smallest absolute Gasteiger partial charge is 0.330 e. The largest absolute Gasteiger partial charge is 0.389 e. The van der Waals surface area contributed by atoms with Gasteiger partial charge in [-0.15, -0.1) is 0 Å². The third-order valence-electron chi connectivity index (χ3n) is 3.35. The lowest BCUT2D eigenvalue weighted by molar-refractivity contribution is -0.136. The van der Waals surface area contributed by atoms with Crippen molar-refractivity contribution in [2.75, 3.05) is 19.6 Å². The number of hydrogen-bond donors (Lipinski definition) is 1. The van der Waals surface area contributed by atoms with Crippen molar-refractivity contribution in [3.05, 3.63) is 0 Å². The van der Waals surface area contributed by atoms with Crippen molar-refractivity contribution in [2.24, 2.45) is 11.7 Å². The highest BCUT2D eigenvalue weighted by Crippen LogP contribution is 2.24.